The molecule has 4 nitrogen and oxygen atoms in total. The van der Waals surface area contributed by atoms with Crippen LogP contribution in [0.15, 0.2) is 42.5 Å². The topological polar surface area (TPSA) is 66.4 Å². The van der Waals surface area contributed by atoms with Crippen LogP contribution in [-0.2, 0) is 17.4 Å². The van der Waals surface area contributed by atoms with Gasteiger partial charge in [-0.3, -0.25) is 4.79 Å². The fraction of sp³-hybridized carbons (Fsp3) is 0.176. The molecule has 0 aliphatic heterocycles. The average molecular weight is 373 g/mol. The first-order valence-electron chi connectivity index (χ1n) is 7.22. The van der Waals surface area contributed by atoms with Crippen LogP contribution in [0, 0.1) is 11.6 Å². The first kappa shape index (κ1) is 19.4. The van der Waals surface area contributed by atoms with Gasteiger partial charge in [0.1, 0.15) is 17.7 Å². The zero-order chi connectivity index (χ0) is 19.5. The van der Waals surface area contributed by atoms with E-state index in [1.54, 1.807) is 0 Å². The Balaban J connectivity index is 2.19. The third-order valence-electron chi connectivity index (χ3n) is 3.42. The van der Waals surface area contributed by atoms with Crippen LogP contribution >= 0.6 is 0 Å². The number of benzene rings is 2. The highest BCUT2D eigenvalue weighted by Crippen LogP contribution is 2.29. The van der Waals surface area contributed by atoms with Gasteiger partial charge in [-0.15, -0.1) is 0 Å². The first-order chi connectivity index (χ1) is 12.1. The van der Waals surface area contributed by atoms with E-state index in [4.69, 9.17) is 0 Å². The van der Waals surface area contributed by atoms with E-state index in [1.807, 2.05) is 5.32 Å². The summed E-state index contributed by atoms with van der Waals surface area (Å²) in [6, 6.07) is 4.35. The molecule has 0 aromatic heterocycles. The van der Waals surface area contributed by atoms with Gasteiger partial charge in [0.25, 0.3) is 5.91 Å². The van der Waals surface area contributed by atoms with Crippen LogP contribution in [0.1, 0.15) is 21.5 Å². The summed E-state index contributed by atoms with van der Waals surface area (Å²) >= 11 is 0. The number of carbonyl (C=O) groups is 2. The van der Waals surface area contributed by atoms with Crippen LogP contribution < -0.4 is 5.32 Å². The highest BCUT2D eigenvalue weighted by molar-refractivity contribution is 5.96. The minimum absolute atomic E-state index is 0.0259. The number of carboxylic acid groups (broad SMARTS) is 1. The van der Waals surface area contributed by atoms with Gasteiger partial charge in [-0.2, -0.15) is 13.2 Å². The number of rotatable bonds is 5. The number of nitrogens with one attached hydrogen (secondary N) is 1. The second-order valence-corrected chi connectivity index (χ2v) is 5.42. The Bertz CT molecular complexity index is 815. The second kappa shape index (κ2) is 7.51. The van der Waals surface area contributed by atoms with Crippen LogP contribution in [-0.4, -0.2) is 23.0 Å². The van der Waals surface area contributed by atoms with Crippen LogP contribution in [0.4, 0.5) is 22.0 Å². The molecule has 1 amide bonds. The molecule has 0 saturated heterocycles. The highest BCUT2D eigenvalue weighted by atomic mass is 19.4. The van der Waals surface area contributed by atoms with Crippen molar-refractivity contribution in [2.24, 2.45) is 0 Å². The molecular weight excluding hydrogens is 361 g/mol. The molecule has 0 aliphatic carbocycles. The summed E-state index contributed by atoms with van der Waals surface area (Å²) in [6.45, 7) is 0. The summed E-state index contributed by atoms with van der Waals surface area (Å²) < 4.78 is 64.4. The molecule has 1 atom stereocenters. The van der Waals surface area contributed by atoms with Crippen molar-refractivity contribution in [1.29, 1.82) is 0 Å². The predicted molar refractivity (Wildman–Crippen MR) is 80.4 cm³/mol. The van der Waals surface area contributed by atoms with Crippen LogP contribution in [0.5, 0.6) is 0 Å². The molecule has 0 unspecified atom stereocenters. The predicted octanol–water partition coefficient (Wildman–Crippen LogP) is 3.41. The molecule has 9 heteroatoms. The molecule has 26 heavy (non-hydrogen) atoms. The molecule has 138 valence electrons. The molecule has 0 aliphatic rings. The molecule has 2 rings (SSSR count). The van der Waals surface area contributed by atoms with Crippen molar-refractivity contribution in [3.8, 4) is 0 Å². The van der Waals surface area contributed by atoms with E-state index in [2.05, 4.69) is 0 Å². The fourth-order valence-electron chi connectivity index (χ4n) is 2.24. The van der Waals surface area contributed by atoms with Gasteiger partial charge < -0.3 is 10.4 Å². The van der Waals surface area contributed by atoms with E-state index in [0.717, 1.165) is 18.2 Å². The third-order valence-corrected chi connectivity index (χ3v) is 3.42. The van der Waals surface area contributed by atoms with E-state index >= 15 is 0 Å². The molecule has 0 saturated carbocycles. The van der Waals surface area contributed by atoms with Gasteiger partial charge in [0.15, 0.2) is 0 Å². The minimum atomic E-state index is -4.60. The van der Waals surface area contributed by atoms with E-state index in [0.29, 0.717) is 18.2 Å². The molecule has 2 aromatic rings. The zero-order valence-electron chi connectivity index (χ0n) is 13.0. The Morgan fingerprint density at radius 1 is 1.04 bits per heavy atom. The molecular formula is C17H12F5NO3. The van der Waals surface area contributed by atoms with Gasteiger partial charge in [-0.1, -0.05) is 18.2 Å². The largest absolute Gasteiger partial charge is 0.480 e. The maximum atomic E-state index is 13.1. The molecule has 2 N–H and O–H groups in total. The zero-order valence-corrected chi connectivity index (χ0v) is 13.0. The Kier molecular flexibility index (Phi) is 5.59. The Morgan fingerprint density at radius 3 is 2.19 bits per heavy atom. The van der Waals surface area contributed by atoms with Crippen molar-refractivity contribution >= 4 is 11.9 Å². The Hall–Kier alpha value is -2.97. The van der Waals surface area contributed by atoms with Crippen molar-refractivity contribution in [3.05, 3.63) is 70.8 Å². The lowest BCUT2D eigenvalue weighted by Crippen LogP contribution is -2.42. The van der Waals surface area contributed by atoms with Crippen molar-refractivity contribution in [3.63, 3.8) is 0 Å². The Morgan fingerprint density at radius 2 is 1.65 bits per heavy atom. The standard InChI is InChI=1S/C17H12F5NO3/c18-12-6-10(7-13(19)8-12)15(24)23-14(16(25)26)5-9-2-1-3-11(4-9)17(20,21)22/h1-4,6-8,14H,5H2,(H,23,24)(H,25,26)/t14-/m0/s1. The summed E-state index contributed by atoms with van der Waals surface area (Å²) in [5.41, 5.74) is -1.38. The van der Waals surface area contributed by atoms with Crippen molar-refractivity contribution in [2.75, 3.05) is 0 Å². The first-order valence-corrected chi connectivity index (χ1v) is 7.22. The van der Waals surface area contributed by atoms with Gasteiger partial charge in [0, 0.05) is 18.1 Å². The van der Waals surface area contributed by atoms with Crippen molar-refractivity contribution in [2.45, 2.75) is 18.6 Å². The lowest BCUT2D eigenvalue weighted by atomic mass is 10.0. The maximum absolute atomic E-state index is 13.1. The molecule has 0 spiro atoms. The second-order valence-electron chi connectivity index (χ2n) is 5.42. The van der Waals surface area contributed by atoms with E-state index < -0.39 is 53.3 Å². The number of halogens is 5. The van der Waals surface area contributed by atoms with Gasteiger partial charge in [0.05, 0.1) is 5.56 Å². The third kappa shape index (κ3) is 5.01. The molecule has 0 heterocycles. The van der Waals surface area contributed by atoms with Gasteiger partial charge in [-0.25, -0.2) is 13.6 Å². The summed E-state index contributed by atoms with van der Waals surface area (Å²) in [5.74, 6) is -4.63. The lowest BCUT2D eigenvalue weighted by Gasteiger charge is -2.16. The average Bonchev–Trinajstić information content (AvgIpc) is 2.52. The highest BCUT2D eigenvalue weighted by Gasteiger charge is 2.31. The lowest BCUT2D eigenvalue weighted by molar-refractivity contribution is -0.139. The van der Waals surface area contributed by atoms with Gasteiger partial charge in [0.2, 0.25) is 0 Å². The summed E-state index contributed by atoms with van der Waals surface area (Å²) in [7, 11) is 0. The number of carboxylic acids is 1. The minimum Gasteiger partial charge on any atom is -0.480 e. The van der Waals surface area contributed by atoms with Crippen LogP contribution in [0.25, 0.3) is 0 Å². The van der Waals surface area contributed by atoms with Crippen LogP contribution in [0.2, 0.25) is 0 Å². The normalized spacial score (nSPS) is 12.5. The van der Waals surface area contributed by atoms with Crippen molar-refractivity contribution in [1.82, 2.24) is 5.32 Å². The van der Waals surface area contributed by atoms with Crippen LogP contribution in [0.3, 0.4) is 0 Å². The number of alkyl halides is 3. The number of amides is 1. The SMILES string of the molecule is O=C(N[C@@H](Cc1cccc(C(F)(F)F)c1)C(=O)O)c1cc(F)cc(F)c1. The van der Waals surface area contributed by atoms with E-state index in [1.165, 1.54) is 6.07 Å². The Labute approximate surface area is 144 Å². The number of hydrogen-bond donors (Lipinski definition) is 2. The quantitative estimate of drug-likeness (QED) is 0.790. The molecule has 0 fully saturated rings. The summed E-state index contributed by atoms with van der Waals surface area (Å²) in [6.07, 6.45) is -5.04. The molecule has 0 bridgehead atoms. The smallest absolute Gasteiger partial charge is 0.416 e. The maximum Gasteiger partial charge on any atom is 0.416 e. The van der Waals surface area contributed by atoms with Gasteiger partial charge in [-0.05, 0) is 23.8 Å². The van der Waals surface area contributed by atoms with E-state index in [-0.39, 0.29) is 5.56 Å². The molecule has 0 radical (unpaired) electrons. The fourth-order valence-corrected chi connectivity index (χ4v) is 2.24. The van der Waals surface area contributed by atoms with Gasteiger partial charge >= 0.3 is 12.1 Å². The molecule has 2 aromatic carbocycles. The monoisotopic (exact) mass is 373 g/mol. The number of hydrogen-bond acceptors (Lipinski definition) is 2. The number of carbonyl (C=O) groups excluding carboxylic acids is 1. The summed E-state index contributed by atoms with van der Waals surface area (Å²) in [4.78, 5) is 23.3. The van der Waals surface area contributed by atoms with E-state index in [9.17, 15) is 36.6 Å². The van der Waals surface area contributed by atoms with Crippen molar-refractivity contribution < 1.29 is 36.6 Å². The number of aliphatic carboxylic acids is 1. The summed E-state index contributed by atoms with van der Waals surface area (Å²) in [5, 5.41) is 11.2.